The summed E-state index contributed by atoms with van der Waals surface area (Å²) in [6.45, 7) is 1.24. The van der Waals surface area contributed by atoms with E-state index in [1.165, 1.54) is 0 Å². The second-order valence-electron chi connectivity index (χ2n) is 6.46. The molecule has 6 heteroatoms. The molecule has 3 rings (SSSR count). The minimum Gasteiger partial charge on any atom is -0.497 e. The minimum absolute atomic E-state index is 0.00731. The number of nitrogens with one attached hydrogen (secondary N) is 1. The molecule has 0 saturated carbocycles. The van der Waals surface area contributed by atoms with Gasteiger partial charge in [-0.2, -0.15) is 0 Å². The quantitative estimate of drug-likeness (QED) is 0.851. The summed E-state index contributed by atoms with van der Waals surface area (Å²) < 4.78 is 10.6. The van der Waals surface area contributed by atoms with Crippen molar-refractivity contribution in [2.24, 2.45) is 0 Å². The van der Waals surface area contributed by atoms with Gasteiger partial charge in [-0.1, -0.05) is 18.2 Å². The molecule has 0 atom stereocenters. The molecule has 1 fully saturated rings. The molecule has 2 aromatic rings. The van der Waals surface area contributed by atoms with E-state index in [1.807, 2.05) is 18.2 Å². The van der Waals surface area contributed by atoms with Gasteiger partial charge >= 0.3 is 0 Å². The Morgan fingerprint density at radius 2 is 1.63 bits per heavy atom. The van der Waals surface area contributed by atoms with Crippen LogP contribution in [0.3, 0.4) is 0 Å². The molecule has 27 heavy (non-hydrogen) atoms. The van der Waals surface area contributed by atoms with Gasteiger partial charge in [0.1, 0.15) is 11.5 Å². The summed E-state index contributed by atoms with van der Waals surface area (Å²) in [4.78, 5) is 26.3. The van der Waals surface area contributed by atoms with Crippen LogP contribution in [-0.2, 0) is 4.79 Å². The van der Waals surface area contributed by atoms with Crippen molar-refractivity contribution >= 4 is 11.8 Å². The van der Waals surface area contributed by atoms with Crippen LogP contribution < -0.4 is 14.8 Å². The van der Waals surface area contributed by atoms with Crippen molar-refractivity contribution in [3.8, 4) is 11.5 Å². The molecule has 1 aliphatic rings. The summed E-state index contributed by atoms with van der Waals surface area (Å²) in [6, 6.07) is 16.4. The normalized spacial score (nSPS) is 14.5. The molecule has 6 nitrogen and oxygen atoms in total. The van der Waals surface area contributed by atoms with Crippen molar-refractivity contribution in [2.45, 2.75) is 18.9 Å². The summed E-state index contributed by atoms with van der Waals surface area (Å²) in [5, 5.41) is 3.04. The summed E-state index contributed by atoms with van der Waals surface area (Å²) in [5.41, 5.74) is 0.656. The SMILES string of the molecule is COc1ccc(OCC(=O)N2CCC(NC(=O)c3ccccc3)CC2)cc1. The highest BCUT2D eigenvalue weighted by atomic mass is 16.5. The van der Waals surface area contributed by atoms with E-state index in [1.54, 1.807) is 48.4 Å². The number of rotatable bonds is 6. The average Bonchev–Trinajstić information content (AvgIpc) is 2.73. The van der Waals surface area contributed by atoms with Crippen molar-refractivity contribution in [2.75, 3.05) is 26.8 Å². The highest BCUT2D eigenvalue weighted by Crippen LogP contribution is 2.17. The van der Waals surface area contributed by atoms with Gasteiger partial charge in [-0.15, -0.1) is 0 Å². The zero-order chi connectivity index (χ0) is 19.1. The Labute approximate surface area is 159 Å². The van der Waals surface area contributed by atoms with Crippen LogP contribution in [0.4, 0.5) is 0 Å². The van der Waals surface area contributed by atoms with Gasteiger partial charge in [-0.3, -0.25) is 9.59 Å². The molecule has 1 saturated heterocycles. The molecule has 0 unspecified atom stereocenters. The molecule has 2 amide bonds. The van der Waals surface area contributed by atoms with Gasteiger partial charge in [0.25, 0.3) is 11.8 Å². The van der Waals surface area contributed by atoms with E-state index in [0.717, 1.165) is 18.6 Å². The molecular formula is C21H24N2O4. The molecular weight excluding hydrogens is 344 g/mol. The predicted octanol–water partition coefficient (Wildman–Crippen LogP) is 2.50. The summed E-state index contributed by atoms with van der Waals surface area (Å²) in [5.74, 6) is 1.27. The molecule has 142 valence electrons. The van der Waals surface area contributed by atoms with E-state index in [4.69, 9.17) is 9.47 Å². The second-order valence-corrected chi connectivity index (χ2v) is 6.46. The molecule has 0 radical (unpaired) electrons. The predicted molar refractivity (Wildman–Crippen MR) is 102 cm³/mol. The Balaban J connectivity index is 1.41. The number of ether oxygens (including phenoxy) is 2. The van der Waals surface area contributed by atoms with Crippen LogP contribution in [-0.4, -0.2) is 49.6 Å². The molecule has 1 heterocycles. The minimum atomic E-state index is -0.0665. The van der Waals surface area contributed by atoms with Crippen LogP contribution in [0.15, 0.2) is 54.6 Å². The lowest BCUT2D eigenvalue weighted by molar-refractivity contribution is -0.134. The Morgan fingerprint density at radius 1 is 1.00 bits per heavy atom. The first-order chi connectivity index (χ1) is 13.2. The molecule has 1 N–H and O–H groups in total. The van der Waals surface area contributed by atoms with Crippen molar-refractivity contribution in [1.29, 1.82) is 0 Å². The standard InChI is InChI=1S/C21H24N2O4/c1-26-18-7-9-19(10-8-18)27-15-20(24)23-13-11-17(12-14-23)22-21(25)16-5-3-2-4-6-16/h2-10,17H,11-15H2,1H3,(H,22,25). The van der Waals surface area contributed by atoms with Crippen LogP contribution in [0, 0.1) is 0 Å². The second kappa shape index (κ2) is 9.07. The van der Waals surface area contributed by atoms with Crippen LogP contribution >= 0.6 is 0 Å². The van der Waals surface area contributed by atoms with Gasteiger partial charge in [0.15, 0.2) is 6.61 Å². The van der Waals surface area contributed by atoms with E-state index >= 15 is 0 Å². The molecule has 0 aliphatic carbocycles. The van der Waals surface area contributed by atoms with Gasteiger partial charge in [0, 0.05) is 24.7 Å². The Kier molecular flexibility index (Phi) is 6.30. The highest BCUT2D eigenvalue weighted by Gasteiger charge is 2.24. The van der Waals surface area contributed by atoms with Crippen LogP contribution in [0.5, 0.6) is 11.5 Å². The maximum absolute atomic E-state index is 12.3. The van der Waals surface area contributed by atoms with Crippen molar-refractivity contribution in [3.63, 3.8) is 0 Å². The van der Waals surface area contributed by atoms with E-state index in [9.17, 15) is 9.59 Å². The number of hydrogen-bond acceptors (Lipinski definition) is 4. The molecule has 2 aromatic carbocycles. The number of piperidine rings is 1. The number of methoxy groups -OCH3 is 1. The number of likely N-dealkylation sites (tertiary alicyclic amines) is 1. The van der Waals surface area contributed by atoms with Gasteiger partial charge < -0.3 is 19.7 Å². The largest absolute Gasteiger partial charge is 0.497 e. The third kappa shape index (κ3) is 5.23. The first-order valence-electron chi connectivity index (χ1n) is 9.06. The Hall–Kier alpha value is -3.02. The van der Waals surface area contributed by atoms with Gasteiger partial charge in [0.2, 0.25) is 0 Å². The fourth-order valence-electron chi connectivity index (χ4n) is 3.04. The van der Waals surface area contributed by atoms with Crippen LogP contribution in [0.2, 0.25) is 0 Å². The smallest absolute Gasteiger partial charge is 0.260 e. The number of carbonyl (C=O) groups excluding carboxylic acids is 2. The summed E-state index contributed by atoms with van der Waals surface area (Å²) in [6.07, 6.45) is 1.49. The molecule has 0 bridgehead atoms. The monoisotopic (exact) mass is 368 g/mol. The average molecular weight is 368 g/mol. The van der Waals surface area contributed by atoms with E-state index in [2.05, 4.69) is 5.32 Å². The van der Waals surface area contributed by atoms with Crippen molar-refractivity contribution in [3.05, 3.63) is 60.2 Å². The lowest BCUT2D eigenvalue weighted by Gasteiger charge is -2.32. The van der Waals surface area contributed by atoms with Crippen LogP contribution in [0.1, 0.15) is 23.2 Å². The summed E-state index contributed by atoms with van der Waals surface area (Å²) in [7, 11) is 1.60. The number of amides is 2. The van der Waals surface area contributed by atoms with E-state index in [0.29, 0.717) is 24.4 Å². The maximum Gasteiger partial charge on any atom is 0.260 e. The topological polar surface area (TPSA) is 67.9 Å². The summed E-state index contributed by atoms with van der Waals surface area (Å²) >= 11 is 0. The lowest BCUT2D eigenvalue weighted by Crippen LogP contribution is -2.47. The molecule has 0 spiro atoms. The van der Waals surface area contributed by atoms with Crippen LogP contribution in [0.25, 0.3) is 0 Å². The van der Waals surface area contributed by atoms with Gasteiger partial charge in [-0.25, -0.2) is 0 Å². The Bertz CT molecular complexity index is 754. The highest BCUT2D eigenvalue weighted by molar-refractivity contribution is 5.94. The number of nitrogens with zero attached hydrogens (tertiary/aromatic N) is 1. The van der Waals surface area contributed by atoms with E-state index < -0.39 is 0 Å². The third-order valence-corrected chi connectivity index (χ3v) is 4.64. The fourth-order valence-corrected chi connectivity index (χ4v) is 3.04. The first kappa shape index (κ1) is 18.8. The lowest BCUT2D eigenvalue weighted by atomic mass is 10.0. The maximum atomic E-state index is 12.3. The first-order valence-corrected chi connectivity index (χ1v) is 9.06. The fraction of sp³-hybridized carbons (Fsp3) is 0.333. The third-order valence-electron chi connectivity index (χ3n) is 4.64. The molecule has 0 aromatic heterocycles. The van der Waals surface area contributed by atoms with E-state index in [-0.39, 0.29) is 24.5 Å². The Morgan fingerprint density at radius 3 is 2.26 bits per heavy atom. The van der Waals surface area contributed by atoms with Gasteiger partial charge in [-0.05, 0) is 49.2 Å². The number of carbonyl (C=O) groups is 2. The van der Waals surface area contributed by atoms with Crippen molar-refractivity contribution in [1.82, 2.24) is 10.2 Å². The zero-order valence-corrected chi connectivity index (χ0v) is 15.4. The number of benzene rings is 2. The zero-order valence-electron chi connectivity index (χ0n) is 15.4. The molecule has 1 aliphatic heterocycles. The number of hydrogen-bond donors (Lipinski definition) is 1. The van der Waals surface area contributed by atoms with Gasteiger partial charge in [0.05, 0.1) is 7.11 Å². The van der Waals surface area contributed by atoms with Crippen molar-refractivity contribution < 1.29 is 19.1 Å².